The van der Waals surface area contributed by atoms with Crippen molar-refractivity contribution in [3.05, 3.63) is 53.6 Å². The summed E-state index contributed by atoms with van der Waals surface area (Å²) < 4.78 is 15.7. The van der Waals surface area contributed by atoms with Gasteiger partial charge in [-0.25, -0.2) is 4.79 Å². The van der Waals surface area contributed by atoms with Crippen molar-refractivity contribution in [3.63, 3.8) is 0 Å². The van der Waals surface area contributed by atoms with Gasteiger partial charge in [0.25, 0.3) is 0 Å². The molecule has 2 aromatic rings. The van der Waals surface area contributed by atoms with Gasteiger partial charge < -0.3 is 19.5 Å². The van der Waals surface area contributed by atoms with Crippen LogP contribution >= 0.6 is 0 Å². The zero-order valence-electron chi connectivity index (χ0n) is 15.7. The molecule has 1 aliphatic heterocycles. The minimum absolute atomic E-state index is 0.0358. The number of ketones is 1. The molecule has 3 rings (SSSR count). The standard InChI is InChI=1S/C21H21NO6/c1-13(28-17-7-5-16(26-2)6-8-17)21(25)27-12-19(23)15-3-9-18-14(11-15)4-10-20(24)22-18/h3,5-9,11,13H,4,10,12H2,1-2H3,(H,22,24). The third-order valence-corrected chi connectivity index (χ3v) is 4.37. The number of aryl methyl sites for hydroxylation is 1. The monoisotopic (exact) mass is 383 g/mol. The van der Waals surface area contributed by atoms with Gasteiger partial charge in [0.05, 0.1) is 7.11 Å². The maximum atomic E-state index is 12.3. The Bertz CT molecular complexity index is 890. The van der Waals surface area contributed by atoms with E-state index in [1.54, 1.807) is 56.5 Å². The molecule has 1 aliphatic rings. The van der Waals surface area contributed by atoms with Crippen LogP contribution in [0.15, 0.2) is 42.5 Å². The third-order valence-electron chi connectivity index (χ3n) is 4.37. The number of methoxy groups -OCH3 is 1. The van der Waals surface area contributed by atoms with Crippen LogP contribution in [0.5, 0.6) is 11.5 Å². The van der Waals surface area contributed by atoms with Crippen LogP contribution in [0.25, 0.3) is 0 Å². The molecule has 0 spiro atoms. The molecule has 0 radical (unpaired) electrons. The predicted octanol–water partition coefficient (Wildman–Crippen LogP) is 2.77. The first-order chi connectivity index (χ1) is 13.5. The Morgan fingerprint density at radius 3 is 2.50 bits per heavy atom. The molecule has 1 N–H and O–H groups in total. The lowest BCUT2D eigenvalue weighted by atomic mass is 9.99. The maximum Gasteiger partial charge on any atom is 0.347 e. The van der Waals surface area contributed by atoms with Crippen LogP contribution < -0.4 is 14.8 Å². The Kier molecular flexibility index (Phi) is 5.93. The molecule has 7 heteroatoms. The lowest BCUT2D eigenvalue weighted by Gasteiger charge is -2.17. The van der Waals surface area contributed by atoms with Gasteiger partial charge in [0.1, 0.15) is 11.5 Å². The summed E-state index contributed by atoms with van der Waals surface area (Å²) in [5, 5.41) is 2.76. The molecule has 1 amide bonds. The second-order valence-electron chi connectivity index (χ2n) is 6.39. The largest absolute Gasteiger partial charge is 0.497 e. The Hall–Kier alpha value is -3.35. The lowest BCUT2D eigenvalue weighted by molar-refractivity contribution is -0.149. The molecule has 2 aromatic carbocycles. The Morgan fingerprint density at radius 2 is 1.79 bits per heavy atom. The summed E-state index contributed by atoms with van der Waals surface area (Å²) in [6.07, 6.45) is 0.106. The van der Waals surface area contributed by atoms with Crippen LogP contribution in [0.3, 0.4) is 0 Å². The van der Waals surface area contributed by atoms with Gasteiger partial charge in [0.15, 0.2) is 18.5 Å². The smallest absolute Gasteiger partial charge is 0.347 e. The van der Waals surface area contributed by atoms with Crippen molar-refractivity contribution in [1.29, 1.82) is 0 Å². The van der Waals surface area contributed by atoms with Crippen molar-refractivity contribution >= 4 is 23.3 Å². The molecule has 0 aliphatic carbocycles. The first kappa shape index (κ1) is 19.4. The van der Waals surface area contributed by atoms with Crippen molar-refractivity contribution in [2.45, 2.75) is 25.9 Å². The Balaban J connectivity index is 1.53. The molecule has 28 heavy (non-hydrogen) atoms. The average molecular weight is 383 g/mol. The van der Waals surface area contributed by atoms with E-state index in [2.05, 4.69) is 5.32 Å². The zero-order valence-corrected chi connectivity index (χ0v) is 15.7. The number of hydrogen-bond donors (Lipinski definition) is 1. The number of hydrogen-bond acceptors (Lipinski definition) is 6. The first-order valence-corrected chi connectivity index (χ1v) is 8.89. The molecule has 0 saturated carbocycles. The second kappa shape index (κ2) is 8.56. The van der Waals surface area contributed by atoms with E-state index in [9.17, 15) is 14.4 Å². The molecule has 7 nitrogen and oxygen atoms in total. The van der Waals surface area contributed by atoms with Crippen LogP contribution in [0.4, 0.5) is 5.69 Å². The average Bonchev–Trinajstić information content (AvgIpc) is 2.71. The number of nitrogens with one attached hydrogen (secondary N) is 1. The van der Waals surface area contributed by atoms with Crippen LogP contribution in [0.2, 0.25) is 0 Å². The first-order valence-electron chi connectivity index (χ1n) is 8.89. The Morgan fingerprint density at radius 1 is 1.07 bits per heavy atom. The van der Waals surface area contributed by atoms with E-state index in [0.717, 1.165) is 5.56 Å². The normalized spacial score (nSPS) is 13.7. The van der Waals surface area contributed by atoms with Crippen molar-refractivity contribution in [2.75, 3.05) is 19.0 Å². The molecule has 1 heterocycles. The number of amides is 1. The van der Waals surface area contributed by atoms with Crippen molar-refractivity contribution in [3.8, 4) is 11.5 Å². The van der Waals surface area contributed by atoms with Crippen molar-refractivity contribution in [1.82, 2.24) is 0 Å². The number of ether oxygens (including phenoxy) is 3. The minimum Gasteiger partial charge on any atom is -0.497 e. The quantitative estimate of drug-likeness (QED) is 0.584. The number of rotatable bonds is 7. The van der Waals surface area contributed by atoms with Crippen LogP contribution in [-0.2, 0) is 20.7 Å². The third kappa shape index (κ3) is 4.68. The van der Waals surface area contributed by atoms with Crippen LogP contribution in [0.1, 0.15) is 29.3 Å². The molecule has 1 atom stereocenters. The highest BCUT2D eigenvalue weighted by molar-refractivity contribution is 6.00. The fraction of sp³-hybridized carbons (Fsp3) is 0.286. The summed E-state index contributed by atoms with van der Waals surface area (Å²) in [5.74, 6) is 0.191. The zero-order chi connectivity index (χ0) is 20.1. The summed E-state index contributed by atoms with van der Waals surface area (Å²) >= 11 is 0. The van der Waals surface area contributed by atoms with Crippen molar-refractivity contribution < 1.29 is 28.6 Å². The molecule has 0 aromatic heterocycles. The van der Waals surface area contributed by atoms with Crippen molar-refractivity contribution in [2.24, 2.45) is 0 Å². The SMILES string of the molecule is COc1ccc(OC(C)C(=O)OCC(=O)c2ccc3c(c2)CCC(=O)N3)cc1. The maximum absolute atomic E-state index is 12.3. The molecule has 1 unspecified atom stereocenters. The summed E-state index contributed by atoms with van der Waals surface area (Å²) in [5.41, 5.74) is 2.05. The fourth-order valence-corrected chi connectivity index (χ4v) is 2.80. The predicted molar refractivity (Wildman–Crippen MR) is 102 cm³/mol. The van der Waals surface area contributed by atoms with Gasteiger partial charge in [-0.15, -0.1) is 0 Å². The van der Waals surface area contributed by atoms with E-state index < -0.39 is 12.1 Å². The summed E-state index contributed by atoms with van der Waals surface area (Å²) in [4.78, 5) is 35.8. The van der Waals surface area contributed by atoms with Gasteiger partial charge in [0, 0.05) is 17.7 Å². The molecule has 0 saturated heterocycles. The minimum atomic E-state index is -0.861. The number of Topliss-reactive ketones (excluding diaryl/α,β-unsaturated/α-hetero) is 1. The van der Waals surface area contributed by atoms with E-state index in [4.69, 9.17) is 14.2 Å². The number of benzene rings is 2. The van der Waals surface area contributed by atoms with Gasteiger partial charge >= 0.3 is 5.97 Å². The highest BCUT2D eigenvalue weighted by atomic mass is 16.6. The molecule has 146 valence electrons. The summed E-state index contributed by atoms with van der Waals surface area (Å²) in [6.45, 7) is 1.18. The number of esters is 1. The second-order valence-corrected chi connectivity index (χ2v) is 6.39. The number of carbonyl (C=O) groups excluding carboxylic acids is 3. The molecule has 0 bridgehead atoms. The van der Waals surface area contributed by atoms with Gasteiger partial charge in [0.2, 0.25) is 5.91 Å². The topological polar surface area (TPSA) is 90.9 Å². The van der Waals surface area contributed by atoms with E-state index in [1.165, 1.54) is 0 Å². The number of anilines is 1. The van der Waals surface area contributed by atoms with Gasteiger partial charge in [-0.1, -0.05) is 0 Å². The van der Waals surface area contributed by atoms with E-state index in [-0.39, 0.29) is 18.3 Å². The fourth-order valence-electron chi connectivity index (χ4n) is 2.80. The molecule has 0 fully saturated rings. The molecular formula is C21H21NO6. The van der Waals surface area contributed by atoms with E-state index >= 15 is 0 Å². The number of fused-ring (bicyclic) bond motifs is 1. The number of carbonyl (C=O) groups is 3. The van der Waals surface area contributed by atoms with E-state index in [1.807, 2.05) is 0 Å². The van der Waals surface area contributed by atoms with Gasteiger partial charge in [-0.05, 0) is 61.4 Å². The summed E-state index contributed by atoms with van der Waals surface area (Å²) in [6, 6.07) is 11.8. The highest BCUT2D eigenvalue weighted by Crippen LogP contribution is 2.24. The lowest BCUT2D eigenvalue weighted by Crippen LogP contribution is -2.28. The van der Waals surface area contributed by atoms with Crippen LogP contribution in [-0.4, -0.2) is 37.5 Å². The molecular weight excluding hydrogens is 362 g/mol. The summed E-state index contributed by atoms with van der Waals surface area (Å²) in [7, 11) is 1.56. The Labute approximate surface area is 162 Å². The van der Waals surface area contributed by atoms with Gasteiger partial charge in [-0.2, -0.15) is 0 Å². The van der Waals surface area contributed by atoms with E-state index in [0.29, 0.717) is 35.6 Å². The van der Waals surface area contributed by atoms with Gasteiger partial charge in [-0.3, -0.25) is 9.59 Å². The highest BCUT2D eigenvalue weighted by Gasteiger charge is 2.20. The van der Waals surface area contributed by atoms with Crippen LogP contribution in [0, 0.1) is 0 Å².